The molecule has 3 aromatic rings. The zero-order valence-electron chi connectivity index (χ0n) is 15.0. The fourth-order valence-electron chi connectivity index (χ4n) is 3.35. The average Bonchev–Trinajstić information content (AvgIpc) is 3.05. The molecule has 0 amide bonds. The largest absolute Gasteiger partial charge is 0.497 e. The van der Waals surface area contributed by atoms with Crippen molar-refractivity contribution in [3.8, 4) is 5.75 Å². The SMILES string of the molecule is COc1ccc(Sc2cnc3[nH]c(C4CCC(C)(N)CC4)nc3n2)cc1. The van der Waals surface area contributed by atoms with Crippen molar-refractivity contribution in [2.45, 2.75) is 54.0 Å². The quantitative estimate of drug-likeness (QED) is 0.725. The molecule has 0 spiro atoms. The van der Waals surface area contributed by atoms with E-state index in [-0.39, 0.29) is 5.54 Å². The maximum absolute atomic E-state index is 6.24. The normalized spacial score (nSPS) is 23.3. The Hall–Kier alpha value is -2.12. The van der Waals surface area contributed by atoms with E-state index < -0.39 is 0 Å². The van der Waals surface area contributed by atoms with Crippen molar-refractivity contribution in [1.82, 2.24) is 19.9 Å². The molecule has 1 aromatic carbocycles. The van der Waals surface area contributed by atoms with Gasteiger partial charge in [0.1, 0.15) is 16.6 Å². The molecule has 0 aliphatic heterocycles. The van der Waals surface area contributed by atoms with E-state index in [1.165, 1.54) is 0 Å². The number of hydrogen-bond donors (Lipinski definition) is 2. The predicted molar refractivity (Wildman–Crippen MR) is 103 cm³/mol. The zero-order valence-corrected chi connectivity index (χ0v) is 15.8. The van der Waals surface area contributed by atoms with Gasteiger partial charge in [-0.2, -0.15) is 0 Å². The summed E-state index contributed by atoms with van der Waals surface area (Å²) in [6.07, 6.45) is 5.94. The van der Waals surface area contributed by atoms with Crippen LogP contribution in [0.2, 0.25) is 0 Å². The predicted octanol–water partition coefficient (Wildman–Crippen LogP) is 3.89. The highest BCUT2D eigenvalue weighted by Crippen LogP contribution is 2.36. The highest BCUT2D eigenvalue weighted by atomic mass is 32.2. The molecule has 1 aliphatic carbocycles. The Morgan fingerprint density at radius 3 is 2.62 bits per heavy atom. The van der Waals surface area contributed by atoms with Crippen LogP contribution in [0, 0.1) is 0 Å². The average molecular weight is 369 g/mol. The number of rotatable bonds is 4. The van der Waals surface area contributed by atoms with Gasteiger partial charge in [-0.3, -0.25) is 0 Å². The molecule has 2 aromatic heterocycles. The molecule has 0 unspecified atom stereocenters. The molecular weight excluding hydrogens is 346 g/mol. The molecule has 0 bridgehead atoms. The number of ether oxygens (including phenoxy) is 1. The van der Waals surface area contributed by atoms with Crippen LogP contribution >= 0.6 is 11.8 Å². The van der Waals surface area contributed by atoms with Gasteiger partial charge < -0.3 is 15.5 Å². The van der Waals surface area contributed by atoms with Crippen LogP contribution in [0.15, 0.2) is 40.4 Å². The van der Waals surface area contributed by atoms with Crippen LogP contribution in [0.4, 0.5) is 0 Å². The first-order chi connectivity index (χ1) is 12.5. The summed E-state index contributed by atoms with van der Waals surface area (Å²) in [5.41, 5.74) is 7.63. The van der Waals surface area contributed by atoms with Crippen LogP contribution < -0.4 is 10.5 Å². The van der Waals surface area contributed by atoms with Crippen LogP contribution in [0.1, 0.15) is 44.3 Å². The van der Waals surface area contributed by atoms with E-state index >= 15 is 0 Å². The Bertz CT molecular complexity index is 896. The van der Waals surface area contributed by atoms with E-state index in [0.717, 1.165) is 52.8 Å². The first-order valence-electron chi connectivity index (χ1n) is 8.86. The number of nitrogens with zero attached hydrogens (tertiary/aromatic N) is 3. The highest BCUT2D eigenvalue weighted by Gasteiger charge is 2.29. The summed E-state index contributed by atoms with van der Waals surface area (Å²) in [7, 11) is 1.66. The topological polar surface area (TPSA) is 89.7 Å². The number of fused-ring (bicyclic) bond motifs is 1. The minimum absolute atomic E-state index is 0.0405. The molecule has 1 fully saturated rings. The third-order valence-electron chi connectivity index (χ3n) is 5.00. The zero-order chi connectivity index (χ0) is 18.1. The van der Waals surface area contributed by atoms with Crippen molar-refractivity contribution in [1.29, 1.82) is 0 Å². The first-order valence-corrected chi connectivity index (χ1v) is 9.67. The second kappa shape index (κ2) is 6.89. The molecule has 1 saturated carbocycles. The van der Waals surface area contributed by atoms with Gasteiger partial charge in [0.05, 0.1) is 13.3 Å². The Labute approximate surface area is 157 Å². The first kappa shape index (κ1) is 17.3. The lowest BCUT2D eigenvalue weighted by atomic mass is 9.78. The number of benzene rings is 1. The Morgan fingerprint density at radius 1 is 1.19 bits per heavy atom. The maximum Gasteiger partial charge on any atom is 0.198 e. The molecule has 6 nitrogen and oxygen atoms in total. The lowest BCUT2D eigenvalue weighted by Gasteiger charge is -2.33. The molecule has 4 rings (SSSR count). The minimum Gasteiger partial charge on any atom is -0.497 e. The van der Waals surface area contributed by atoms with Crippen molar-refractivity contribution in [3.63, 3.8) is 0 Å². The van der Waals surface area contributed by atoms with Crippen molar-refractivity contribution < 1.29 is 4.74 Å². The van der Waals surface area contributed by atoms with Gasteiger partial charge in [0.15, 0.2) is 11.3 Å². The van der Waals surface area contributed by atoms with E-state index in [2.05, 4.69) is 21.9 Å². The smallest absolute Gasteiger partial charge is 0.198 e. The molecule has 0 atom stereocenters. The number of nitrogens with one attached hydrogen (secondary N) is 1. The van der Waals surface area contributed by atoms with Crippen LogP contribution in [0.25, 0.3) is 11.3 Å². The van der Waals surface area contributed by atoms with E-state index in [0.29, 0.717) is 11.6 Å². The van der Waals surface area contributed by atoms with Crippen molar-refractivity contribution in [3.05, 3.63) is 36.3 Å². The second-order valence-corrected chi connectivity index (χ2v) is 8.30. The van der Waals surface area contributed by atoms with Gasteiger partial charge in [0.25, 0.3) is 0 Å². The van der Waals surface area contributed by atoms with E-state index in [1.807, 2.05) is 24.3 Å². The Kier molecular flexibility index (Phi) is 4.58. The number of aromatic nitrogens is 4. The highest BCUT2D eigenvalue weighted by molar-refractivity contribution is 7.99. The van der Waals surface area contributed by atoms with Crippen LogP contribution in [0.3, 0.4) is 0 Å². The lowest BCUT2D eigenvalue weighted by Crippen LogP contribution is -2.39. The van der Waals surface area contributed by atoms with Crippen molar-refractivity contribution in [2.24, 2.45) is 5.73 Å². The summed E-state index contributed by atoms with van der Waals surface area (Å²) in [4.78, 5) is 18.3. The molecular formula is C19H23N5OS. The van der Waals surface area contributed by atoms with Crippen LogP contribution in [-0.4, -0.2) is 32.6 Å². The molecule has 0 saturated heterocycles. The van der Waals surface area contributed by atoms with Gasteiger partial charge in [-0.05, 0) is 56.9 Å². The summed E-state index contributed by atoms with van der Waals surface area (Å²) in [6.45, 7) is 2.13. The van der Waals surface area contributed by atoms with Gasteiger partial charge in [0, 0.05) is 16.4 Å². The number of imidazole rings is 1. The molecule has 1 aliphatic rings. The third kappa shape index (κ3) is 3.68. The minimum atomic E-state index is -0.0405. The lowest BCUT2D eigenvalue weighted by molar-refractivity contribution is 0.290. The third-order valence-corrected chi connectivity index (χ3v) is 5.91. The van der Waals surface area contributed by atoms with Crippen molar-refractivity contribution in [2.75, 3.05) is 7.11 Å². The fourth-order valence-corrected chi connectivity index (χ4v) is 4.10. The number of aromatic amines is 1. The van der Waals surface area contributed by atoms with Gasteiger partial charge >= 0.3 is 0 Å². The molecule has 7 heteroatoms. The number of nitrogens with two attached hydrogens (primary N) is 1. The molecule has 0 radical (unpaired) electrons. The summed E-state index contributed by atoms with van der Waals surface area (Å²) in [6, 6.07) is 7.90. The Balaban J connectivity index is 1.52. The summed E-state index contributed by atoms with van der Waals surface area (Å²) < 4.78 is 5.19. The van der Waals surface area contributed by atoms with Crippen LogP contribution in [-0.2, 0) is 0 Å². The molecule has 136 valence electrons. The van der Waals surface area contributed by atoms with E-state index in [1.54, 1.807) is 25.1 Å². The van der Waals surface area contributed by atoms with Gasteiger partial charge in [-0.15, -0.1) is 0 Å². The number of methoxy groups -OCH3 is 1. The standard InChI is InChI=1S/C19H23N5OS/c1-19(20)9-7-12(8-10-19)16-23-17-18(24-16)22-15(11-21-17)26-14-5-3-13(25-2)4-6-14/h3-6,11-12H,7-10,20H2,1-2H3,(H,21,22,23,24). The molecule has 2 heterocycles. The Morgan fingerprint density at radius 2 is 1.92 bits per heavy atom. The van der Waals surface area contributed by atoms with Gasteiger partial charge in [-0.25, -0.2) is 15.0 Å². The molecule has 26 heavy (non-hydrogen) atoms. The monoisotopic (exact) mass is 369 g/mol. The summed E-state index contributed by atoms with van der Waals surface area (Å²) >= 11 is 1.57. The van der Waals surface area contributed by atoms with Crippen LogP contribution in [0.5, 0.6) is 5.75 Å². The fraction of sp³-hybridized carbons (Fsp3) is 0.421. The van der Waals surface area contributed by atoms with Crippen molar-refractivity contribution >= 4 is 23.1 Å². The summed E-state index contributed by atoms with van der Waals surface area (Å²) in [5, 5.41) is 0.832. The number of H-pyrrole nitrogens is 1. The van der Waals surface area contributed by atoms with Gasteiger partial charge in [0.2, 0.25) is 0 Å². The van der Waals surface area contributed by atoms with E-state index in [9.17, 15) is 0 Å². The second-order valence-electron chi connectivity index (χ2n) is 7.21. The maximum atomic E-state index is 6.24. The van der Waals surface area contributed by atoms with E-state index in [4.69, 9.17) is 15.5 Å². The number of hydrogen-bond acceptors (Lipinski definition) is 6. The van der Waals surface area contributed by atoms with Gasteiger partial charge in [-0.1, -0.05) is 11.8 Å². The summed E-state index contributed by atoms with van der Waals surface area (Å²) in [5.74, 6) is 2.25. The molecule has 3 N–H and O–H groups in total.